The Bertz CT molecular complexity index is 994. The van der Waals surface area contributed by atoms with Crippen LogP contribution in [0.25, 0.3) is 0 Å². The summed E-state index contributed by atoms with van der Waals surface area (Å²) in [6.45, 7) is 3.47. The van der Waals surface area contributed by atoms with Gasteiger partial charge in [-0.15, -0.1) is 0 Å². The average Bonchev–Trinajstić information content (AvgIpc) is 2.90. The molecule has 204 valence electrons. The molecule has 9 heteroatoms. The minimum atomic E-state index is -0.955. The van der Waals surface area contributed by atoms with Gasteiger partial charge in [-0.1, -0.05) is 73.5 Å². The molecule has 0 heterocycles. The van der Waals surface area contributed by atoms with E-state index in [1.807, 2.05) is 60.7 Å². The molecular weight excluding hydrogens is 484 g/mol. The lowest BCUT2D eigenvalue weighted by atomic mass is 9.78. The summed E-state index contributed by atoms with van der Waals surface area (Å²) in [7, 11) is 0. The molecule has 2 atom stereocenters. The monoisotopic (exact) mass is 522 g/mol. The van der Waals surface area contributed by atoms with Crippen molar-refractivity contribution in [1.82, 2.24) is 0 Å². The second-order valence-corrected chi connectivity index (χ2v) is 9.22. The van der Waals surface area contributed by atoms with Gasteiger partial charge in [-0.25, -0.2) is 0 Å². The molecule has 0 saturated carbocycles. The van der Waals surface area contributed by atoms with Crippen LogP contribution >= 0.6 is 0 Å². The normalized spacial score (nSPS) is 12.8. The summed E-state index contributed by atoms with van der Waals surface area (Å²) in [5.74, 6) is -1.55. The predicted octanol–water partition coefficient (Wildman–Crippen LogP) is 4.61. The molecule has 0 radical (unpaired) electrons. The number of carbonyl (C=O) groups excluding carboxylic acids is 1. The first-order valence-corrected chi connectivity index (χ1v) is 12.3. The van der Waals surface area contributed by atoms with Gasteiger partial charge in [0.15, 0.2) is 12.4 Å². The second-order valence-electron chi connectivity index (χ2n) is 9.22. The number of ketones is 1. The van der Waals surface area contributed by atoms with Crippen molar-refractivity contribution >= 4 is 17.7 Å². The zero-order valence-electron chi connectivity index (χ0n) is 22.1. The van der Waals surface area contributed by atoms with Gasteiger partial charge in [-0.05, 0) is 50.7 Å². The number of Topliss-reactive ketones (excluding diaryl/α,β-unsaturated/α-hetero) is 1. The van der Waals surface area contributed by atoms with E-state index in [0.29, 0.717) is 51.4 Å². The van der Waals surface area contributed by atoms with Crippen LogP contribution in [0, 0.1) is 22.9 Å². The predicted molar refractivity (Wildman–Crippen MR) is 144 cm³/mol. The Morgan fingerprint density at radius 1 is 0.684 bits per heavy atom. The number of nitrogens with two attached hydrogens (primary N) is 2. The molecule has 2 unspecified atom stereocenters. The lowest BCUT2D eigenvalue weighted by molar-refractivity contribution is -0.144. The van der Waals surface area contributed by atoms with E-state index in [4.69, 9.17) is 10.5 Å². The summed E-state index contributed by atoms with van der Waals surface area (Å²) in [6, 6.07) is 18.4. The smallest absolute Gasteiger partial charge is 0.313 e. The number of hydrogen-bond acceptors (Lipinski definition) is 7. The molecule has 2 aromatic rings. The number of hydrogen-bond donors (Lipinski definition) is 4. The number of carboxylic acid groups (broad SMARTS) is 2. The van der Waals surface area contributed by atoms with Gasteiger partial charge in [0, 0.05) is 12.8 Å². The first-order valence-electron chi connectivity index (χ1n) is 12.3. The number of nitriles is 2. The summed E-state index contributed by atoms with van der Waals surface area (Å²) >= 11 is 0. The SMILES string of the molecule is CC(CCCCC(=O)CCCCC(C)(C(=O)O)c1ccccc1)(C(=O)O)c1ccccc1.N#CN.N#CN. The van der Waals surface area contributed by atoms with Crippen molar-refractivity contribution in [2.75, 3.05) is 0 Å². The molecular formula is C29H38N4O5. The van der Waals surface area contributed by atoms with Crippen LogP contribution in [0.15, 0.2) is 60.7 Å². The van der Waals surface area contributed by atoms with Gasteiger partial charge in [-0.3, -0.25) is 14.4 Å². The molecule has 9 nitrogen and oxygen atoms in total. The number of rotatable bonds is 14. The van der Waals surface area contributed by atoms with Crippen molar-refractivity contribution < 1.29 is 24.6 Å². The largest absolute Gasteiger partial charge is 0.481 e. The molecule has 0 saturated heterocycles. The van der Waals surface area contributed by atoms with Crippen LogP contribution < -0.4 is 11.5 Å². The maximum atomic E-state index is 12.3. The van der Waals surface area contributed by atoms with E-state index in [9.17, 15) is 24.6 Å². The lowest BCUT2D eigenvalue weighted by Gasteiger charge is -2.25. The summed E-state index contributed by atoms with van der Waals surface area (Å²) in [6.07, 6.45) is 6.96. The Labute approximate surface area is 224 Å². The van der Waals surface area contributed by atoms with Gasteiger partial charge in [0.25, 0.3) is 0 Å². The Balaban J connectivity index is 0.00000208. The van der Waals surface area contributed by atoms with Crippen molar-refractivity contribution in [3.63, 3.8) is 0 Å². The van der Waals surface area contributed by atoms with Crippen molar-refractivity contribution in [3.8, 4) is 12.4 Å². The van der Waals surface area contributed by atoms with Crippen LogP contribution in [0.4, 0.5) is 0 Å². The number of unbranched alkanes of at least 4 members (excludes halogenated alkanes) is 2. The zero-order valence-corrected chi connectivity index (χ0v) is 22.1. The van der Waals surface area contributed by atoms with Gasteiger partial charge in [0.1, 0.15) is 5.78 Å². The van der Waals surface area contributed by atoms with Crippen molar-refractivity contribution in [2.24, 2.45) is 11.5 Å². The Morgan fingerprint density at radius 2 is 0.974 bits per heavy atom. The van der Waals surface area contributed by atoms with Gasteiger partial charge >= 0.3 is 11.9 Å². The van der Waals surface area contributed by atoms with Crippen molar-refractivity contribution in [1.29, 1.82) is 10.5 Å². The minimum Gasteiger partial charge on any atom is -0.481 e. The summed E-state index contributed by atoms with van der Waals surface area (Å²) in [5, 5.41) is 33.6. The van der Waals surface area contributed by atoms with E-state index in [0.717, 1.165) is 11.1 Å². The number of carboxylic acids is 2. The minimum absolute atomic E-state index is 0.151. The number of benzene rings is 2. The van der Waals surface area contributed by atoms with Crippen LogP contribution in [0.3, 0.4) is 0 Å². The molecule has 0 fully saturated rings. The summed E-state index contributed by atoms with van der Waals surface area (Å²) in [4.78, 5) is 36.0. The van der Waals surface area contributed by atoms with E-state index in [-0.39, 0.29) is 5.78 Å². The third-order valence-corrected chi connectivity index (χ3v) is 6.53. The highest BCUT2D eigenvalue weighted by Crippen LogP contribution is 2.31. The van der Waals surface area contributed by atoms with E-state index < -0.39 is 22.8 Å². The van der Waals surface area contributed by atoms with E-state index in [1.165, 1.54) is 12.4 Å². The van der Waals surface area contributed by atoms with Gasteiger partial charge in [-0.2, -0.15) is 10.5 Å². The molecule has 38 heavy (non-hydrogen) atoms. The Hall–Kier alpha value is -4.37. The van der Waals surface area contributed by atoms with E-state index in [2.05, 4.69) is 11.5 Å². The molecule has 0 spiro atoms. The lowest BCUT2D eigenvalue weighted by Crippen LogP contribution is -2.32. The third-order valence-electron chi connectivity index (χ3n) is 6.53. The molecule has 2 rings (SSSR count). The molecule has 0 aliphatic heterocycles. The molecule has 0 aliphatic rings. The summed E-state index contributed by atoms with van der Waals surface area (Å²) < 4.78 is 0. The highest BCUT2D eigenvalue weighted by molar-refractivity contribution is 5.81. The van der Waals surface area contributed by atoms with E-state index >= 15 is 0 Å². The topological polar surface area (TPSA) is 191 Å². The molecule has 2 aromatic carbocycles. The fraction of sp³-hybridized carbons (Fsp3) is 0.414. The maximum Gasteiger partial charge on any atom is 0.313 e. The van der Waals surface area contributed by atoms with Gasteiger partial charge in [0.05, 0.1) is 10.8 Å². The Morgan fingerprint density at radius 3 is 1.24 bits per heavy atom. The van der Waals surface area contributed by atoms with Crippen LogP contribution in [0.1, 0.15) is 76.3 Å². The first-order chi connectivity index (χ1) is 18.0. The van der Waals surface area contributed by atoms with E-state index in [1.54, 1.807) is 13.8 Å². The highest BCUT2D eigenvalue weighted by atomic mass is 16.4. The van der Waals surface area contributed by atoms with Crippen molar-refractivity contribution in [3.05, 3.63) is 71.8 Å². The fourth-order valence-electron chi connectivity index (χ4n) is 4.09. The van der Waals surface area contributed by atoms with Gasteiger partial charge < -0.3 is 21.7 Å². The Kier molecular flexibility index (Phi) is 15.9. The summed E-state index contributed by atoms with van der Waals surface area (Å²) in [5.41, 5.74) is 7.95. The second kappa shape index (κ2) is 18.0. The maximum absolute atomic E-state index is 12.3. The standard InChI is InChI=1S/C27H34O5.2CH2N2/c1-26(24(29)30,21-13-5-3-6-14-21)19-11-9-17-23(28)18-10-12-20-27(2,25(31)32)22-15-7-4-8-16-22;2*2-1-3/h3-8,13-16H,9-12,17-20H2,1-2H3,(H,29,30)(H,31,32);2*2H2. The zero-order chi connectivity index (χ0) is 29.0. The van der Waals surface area contributed by atoms with Crippen LogP contribution in [0.2, 0.25) is 0 Å². The van der Waals surface area contributed by atoms with Crippen LogP contribution in [-0.4, -0.2) is 27.9 Å². The van der Waals surface area contributed by atoms with Gasteiger partial charge in [0.2, 0.25) is 0 Å². The molecule has 6 N–H and O–H groups in total. The molecule has 0 aliphatic carbocycles. The highest BCUT2D eigenvalue weighted by Gasteiger charge is 2.35. The van der Waals surface area contributed by atoms with Crippen LogP contribution in [0.5, 0.6) is 0 Å². The fourth-order valence-corrected chi connectivity index (χ4v) is 4.09. The average molecular weight is 523 g/mol. The van der Waals surface area contributed by atoms with Crippen molar-refractivity contribution in [2.45, 2.75) is 76.0 Å². The first kappa shape index (κ1) is 33.6. The number of carbonyl (C=O) groups is 3. The number of nitrogens with zero attached hydrogens (tertiary/aromatic N) is 2. The number of aliphatic carboxylic acids is 2. The quantitative estimate of drug-likeness (QED) is 0.156. The molecule has 0 bridgehead atoms. The third kappa shape index (κ3) is 11.1. The molecule has 0 aromatic heterocycles. The van der Waals surface area contributed by atoms with Crippen LogP contribution in [-0.2, 0) is 25.2 Å². The molecule has 0 amide bonds.